The summed E-state index contributed by atoms with van der Waals surface area (Å²) in [6, 6.07) is 38.6. The van der Waals surface area contributed by atoms with Gasteiger partial charge in [-0.3, -0.25) is 4.99 Å². The number of hydrogen-bond acceptors (Lipinski definition) is 5. The van der Waals surface area contributed by atoms with Crippen LogP contribution in [0.15, 0.2) is 137 Å². The zero-order chi connectivity index (χ0) is 32.3. The highest BCUT2D eigenvalue weighted by Crippen LogP contribution is 2.43. The standard InChI is InChI=1S/C41H34BN3O2/c1-5-44-23-22-33(43)28-17-21-36-31(24-28)39-40(47-36)42-32-20-16-27(26-14-18-29(19-15-26)41(2,3)4)25-35(32)45(30-10-7-6-8-11-30)34-12-9-13-37(46-39)38(34)42/h5-25H,1,43H2,2-4H3/b33-22-,44-23-. The molecule has 0 fully saturated rings. The molecule has 6 heteroatoms. The molecule has 0 saturated heterocycles. The van der Waals surface area contributed by atoms with Gasteiger partial charge in [-0.2, -0.15) is 0 Å². The van der Waals surface area contributed by atoms with Crippen molar-refractivity contribution in [1.29, 1.82) is 0 Å². The van der Waals surface area contributed by atoms with E-state index in [1.54, 1.807) is 12.3 Å². The third-order valence-electron chi connectivity index (χ3n) is 9.17. The first-order chi connectivity index (χ1) is 22.8. The summed E-state index contributed by atoms with van der Waals surface area (Å²) in [6.07, 6.45) is 4.88. The highest BCUT2D eigenvalue weighted by atomic mass is 16.5. The van der Waals surface area contributed by atoms with E-state index in [0.717, 1.165) is 67.2 Å². The van der Waals surface area contributed by atoms with Gasteiger partial charge < -0.3 is 19.8 Å². The van der Waals surface area contributed by atoms with E-state index < -0.39 is 0 Å². The zero-order valence-corrected chi connectivity index (χ0v) is 26.7. The fourth-order valence-corrected chi connectivity index (χ4v) is 6.80. The normalized spacial score (nSPS) is 13.7. The molecule has 2 N–H and O–H groups in total. The summed E-state index contributed by atoms with van der Waals surface area (Å²) in [5.41, 5.74) is 18.7. The van der Waals surface area contributed by atoms with E-state index in [4.69, 9.17) is 14.9 Å². The second kappa shape index (κ2) is 11.0. The number of benzene rings is 5. The molecule has 1 aromatic heterocycles. The SMILES string of the molecule is C=C/N=C\C=C(/N)c1ccc2oc3c(c2c1)Oc1cccc2c1B3c1ccc(-c3ccc(C(C)(C)C)cc3)cc1N2c1ccccc1. The fourth-order valence-electron chi connectivity index (χ4n) is 6.80. The summed E-state index contributed by atoms with van der Waals surface area (Å²) in [7, 11) is 0. The number of para-hydroxylation sites is 1. The lowest BCUT2D eigenvalue weighted by Crippen LogP contribution is -2.59. The largest absolute Gasteiger partial charge is 0.466 e. The number of ether oxygens (including phenoxy) is 1. The van der Waals surface area contributed by atoms with Crippen molar-refractivity contribution in [1.82, 2.24) is 0 Å². The molecular weight excluding hydrogens is 577 g/mol. The van der Waals surface area contributed by atoms with Gasteiger partial charge in [0.25, 0.3) is 0 Å². The van der Waals surface area contributed by atoms with E-state index in [0.29, 0.717) is 5.70 Å². The third kappa shape index (κ3) is 4.76. The number of allylic oxidation sites excluding steroid dienone is 1. The van der Waals surface area contributed by atoms with Crippen LogP contribution in [-0.4, -0.2) is 12.9 Å². The number of rotatable bonds is 5. The minimum atomic E-state index is -0.152. The minimum absolute atomic E-state index is 0.0930. The van der Waals surface area contributed by atoms with Gasteiger partial charge in [-0.1, -0.05) is 88.0 Å². The number of nitrogens with two attached hydrogens (primary N) is 1. The van der Waals surface area contributed by atoms with Gasteiger partial charge in [0.2, 0.25) is 0 Å². The van der Waals surface area contributed by atoms with Crippen molar-refractivity contribution in [2.75, 3.05) is 4.90 Å². The maximum absolute atomic E-state index is 6.72. The maximum Gasteiger partial charge on any atom is 0.301 e. The van der Waals surface area contributed by atoms with Gasteiger partial charge in [-0.15, -0.1) is 0 Å². The average molecular weight is 612 g/mol. The molecule has 2 aliphatic rings. The molecule has 228 valence electrons. The Kier molecular flexibility index (Phi) is 6.69. The Morgan fingerprint density at radius 1 is 0.851 bits per heavy atom. The summed E-state index contributed by atoms with van der Waals surface area (Å²) in [6.45, 7) is 10.2. The number of anilines is 3. The summed E-state index contributed by atoms with van der Waals surface area (Å²) in [4.78, 5) is 6.39. The predicted octanol–water partition coefficient (Wildman–Crippen LogP) is 8.32. The zero-order valence-electron chi connectivity index (χ0n) is 26.7. The van der Waals surface area contributed by atoms with Crippen LogP contribution in [0.3, 0.4) is 0 Å². The summed E-state index contributed by atoms with van der Waals surface area (Å²) >= 11 is 0. The van der Waals surface area contributed by atoms with Gasteiger partial charge in [0.15, 0.2) is 5.75 Å². The second-order valence-electron chi connectivity index (χ2n) is 13.1. The molecule has 0 spiro atoms. The van der Waals surface area contributed by atoms with E-state index in [1.807, 2.05) is 18.2 Å². The number of nitrogens with zero attached hydrogens (tertiary/aromatic N) is 2. The second-order valence-corrected chi connectivity index (χ2v) is 13.1. The van der Waals surface area contributed by atoms with Gasteiger partial charge in [-0.25, -0.2) is 0 Å². The van der Waals surface area contributed by atoms with Crippen molar-refractivity contribution in [3.63, 3.8) is 0 Å². The van der Waals surface area contributed by atoms with Crippen LogP contribution in [0.5, 0.6) is 11.5 Å². The lowest BCUT2D eigenvalue weighted by atomic mass is 9.36. The van der Waals surface area contributed by atoms with E-state index in [9.17, 15) is 0 Å². The van der Waals surface area contributed by atoms with Crippen LogP contribution in [0, 0.1) is 0 Å². The van der Waals surface area contributed by atoms with Crippen molar-refractivity contribution >= 4 is 63.2 Å². The topological polar surface area (TPSA) is 64.0 Å². The van der Waals surface area contributed by atoms with Crippen LogP contribution in [0.1, 0.15) is 31.9 Å². The molecule has 5 aromatic carbocycles. The Morgan fingerprint density at radius 3 is 2.40 bits per heavy atom. The minimum Gasteiger partial charge on any atom is -0.466 e. The molecule has 0 radical (unpaired) electrons. The lowest BCUT2D eigenvalue weighted by molar-refractivity contribution is 0.482. The van der Waals surface area contributed by atoms with E-state index >= 15 is 0 Å². The molecule has 0 unspecified atom stereocenters. The van der Waals surface area contributed by atoms with Gasteiger partial charge in [0.05, 0.1) is 5.39 Å². The first-order valence-electron chi connectivity index (χ1n) is 15.9. The summed E-state index contributed by atoms with van der Waals surface area (Å²) in [5, 5.41) is 0.883. The van der Waals surface area contributed by atoms with Crippen LogP contribution in [0.4, 0.5) is 17.1 Å². The van der Waals surface area contributed by atoms with Crippen molar-refractivity contribution in [3.8, 4) is 22.6 Å². The van der Waals surface area contributed by atoms with Crippen molar-refractivity contribution < 1.29 is 9.15 Å². The van der Waals surface area contributed by atoms with Crippen LogP contribution in [0.2, 0.25) is 0 Å². The molecule has 0 bridgehead atoms. The van der Waals surface area contributed by atoms with Crippen molar-refractivity contribution in [2.45, 2.75) is 26.2 Å². The summed E-state index contributed by atoms with van der Waals surface area (Å²) < 4.78 is 13.4. The number of aliphatic imine (C=N–C) groups is 1. The summed E-state index contributed by atoms with van der Waals surface area (Å²) in [5.74, 6) is 1.55. The van der Waals surface area contributed by atoms with E-state index in [2.05, 4.69) is 128 Å². The van der Waals surface area contributed by atoms with Gasteiger partial charge in [0.1, 0.15) is 17.0 Å². The molecule has 6 aromatic rings. The number of furan rings is 1. The molecule has 0 atom stereocenters. The third-order valence-corrected chi connectivity index (χ3v) is 9.17. The molecule has 0 amide bonds. The Hall–Kier alpha value is -5.75. The van der Waals surface area contributed by atoms with Crippen LogP contribution >= 0.6 is 0 Å². The van der Waals surface area contributed by atoms with E-state index in [1.165, 1.54) is 17.3 Å². The lowest BCUT2D eigenvalue weighted by Gasteiger charge is -2.38. The highest BCUT2D eigenvalue weighted by Gasteiger charge is 2.45. The Labute approximate surface area is 275 Å². The monoisotopic (exact) mass is 611 g/mol. The average Bonchev–Trinajstić information content (AvgIpc) is 3.45. The fraction of sp³-hybridized carbons (Fsp3) is 0.0976. The van der Waals surface area contributed by atoms with Gasteiger partial charge in [0, 0.05) is 40.6 Å². The molecule has 8 rings (SSSR count). The molecular formula is C41H34BN3O2. The molecule has 2 aliphatic heterocycles. The molecule has 3 heterocycles. The first-order valence-corrected chi connectivity index (χ1v) is 15.9. The highest BCUT2D eigenvalue weighted by molar-refractivity contribution is 6.98. The van der Waals surface area contributed by atoms with Gasteiger partial charge >= 0.3 is 6.71 Å². The molecule has 0 aliphatic carbocycles. The Morgan fingerprint density at radius 2 is 1.64 bits per heavy atom. The Bertz CT molecular complexity index is 2240. The smallest absolute Gasteiger partial charge is 0.301 e. The Balaban J connectivity index is 1.32. The predicted molar refractivity (Wildman–Crippen MR) is 197 cm³/mol. The van der Waals surface area contributed by atoms with Crippen LogP contribution in [0.25, 0.3) is 27.8 Å². The van der Waals surface area contributed by atoms with Crippen molar-refractivity contribution in [3.05, 3.63) is 139 Å². The first kappa shape index (κ1) is 28.7. The molecule has 5 nitrogen and oxygen atoms in total. The molecule has 0 saturated carbocycles. The maximum atomic E-state index is 6.72. The molecule has 47 heavy (non-hydrogen) atoms. The van der Waals surface area contributed by atoms with Crippen molar-refractivity contribution in [2.24, 2.45) is 10.7 Å². The quantitative estimate of drug-likeness (QED) is 0.157. The van der Waals surface area contributed by atoms with E-state index in [-0.39, 0.29) is 12.1 Å². The number of fused-ring (bicyclic) bond motifs is 6. The van der Waals surface area contributed by atoms with Crippen LogP contribution < -0.4 is 32.0 Å². The number of hydrogen-bond donors (Lipinski definition) is 1. The van der Waals surface area contributed by atoms with Gasteiger partial charge in [-0.05, 0) is 87.7 Å². The van der Waals surface area contributed by atoms with Crippen LogP contribution in [-0.2, 0) is 5.41 Å².